The van der Waals surface area contributed by atoms with Gasteiger partial charge in [0, 0.05) is 29.0 Å². The van der Waals surface area contributed by atoms with Crippen molar-refractivity contribution < 1.29 is 13.9 Å². The maximum atomic E-state index is 13.8. The summed E-state index contributed by atoms with van der Waals surface area (Å²) in [6.45, 7) is 6.91. The molecule has 138 valence electrons. The second-order valence-electron chi connectivity index (χ2n) is 6.61. The largest absolute Gasteiger partial charge is 0.467 e. The molecule has 1 atom stereocenters. The van der Waals surface area contributed by atoms with Crippen molar-refractivity contribution >= 4 is 17.7 Å². The number of halogens is 1. The van der Waals surface area contributed by atoms with Crippen LogP contribution in [0, 0.1) is 5.82 Å². The fourth-order valence-electron chi connectivity index (χ4n) is 3.13. The number of fused-ring (bicyclic) bond motifs is 1. The number of nitrogens with zero attached hydrogens (tertiary/aromatic N) is 1. The van der Waals surface area contributed by atoms with E-state index in [9.17, 15) is 4.39 Å². The Kier molecular flexibility index (Phi) is 6.06. The topological polar surface area (TPSA) is 54.9 Å². The summed E-state index contributed by atoms with van der Waals surface area (Å²) in [6.07, 6.45) is 2.49. The third-order valence-corrected chi connectivity index (χ3v) is 5.97. The SMILES string of the molecule is CCNC(=NCc1cc(F)cc2c1OCOC2)NCC1(C)CCCS1. The Morgan fingerprint density at radius 3 is 3.04 bits per heavy atom. The van der Waals surface area contributed by atoms with E-state index >= 15 is 0 Å². The Morgan fingerprint density at radius 1 is 1.40 bits per heavy atom. The lowest BCUT2D eigenvalue weighted by Gasteiger charge is -2.24. The molecule has 2 N–H and O–H groups in total. The molecular formula is C18H26FN3O2S. The first-order valence-electron chi connectivity index (χ1n) is 8.77. The third-order valence-electron chi connectivity index (χ3n) is 4.43. The van der Waals surface area contributed by atoms with Gasteiger partial charge in [0.1, 0.15) is 11.6 Å². The zero-order chi connectivity index (χ0) is 17.7. The van der Waals surface area contributed by atoms with Gasteiger partial charge in [-0.25, -0.2) is 9.38 Å². The molecule has 0 radical (unpaired) electrons. The van der Waals surface area contributed by atoms with Crippen molar-refractivity contribution in [2.45, 2.75) is 44.6 Å². The molecule has 1 fully saturated rings. The van der Waals surface area contributed by atoms with Gasteiger partial charge in [0.2, 0.25) is 0 Å². The summed E-state index contributed by atoms with van der Waals surface area (Å²) >= 11 is 2.01. The number of guanidine groups is 1. The van der Waals surface area contributed by atoms with Crippen LogP contribution in [0.4, 0.5) is 4.39 Å². The molecule has 2 aliphatic rings. The number of hydrogen-bond acceptors (Lipinski definition) is 4. The first-order chi connectivity index (χ1) is 12.1. The summed E-state index contributed by atoms with van der Waals surface area (Å²) < 4.78 is 24.9. The van der Waals surface area contributed by atoms with Gasteiger partial charge >= 0.3 is 0 Å². The summed E-state index contributed by atoms with van der Waals surface area (Å²) in [6, 6.07) is 2.95. The summed E-state index contributed by atoms with van der Waals surface area (Å²) in [5.74, 6) is 2.39. The highest BCUT2D eigenvalue weighted by Gasteiger charge is 2.29. The molecule has 3 rings (SSSR count). The molecule has 0 bridgehead atoms. The van der Waals surface area contributed by atoms with Gasteiger partial charge in [-0.1, -0.05) is 0 Å². The Balaban J connectivity index is 1.70. The highest BCUT2D eigenvalue weighted by molar-refractivity contribution is 8.00. The van der Waals surface area contributed by atoms with Crippen molar-refractivity contribution in [3.05, 3.63) is 29.1 Å². The molecule has 1 aromatic carbocycles. The van der Waals surface area contributed by atoms with Crippen LogP contribution in [0.15, 0.2) is 17.1 Å². The number of nitrogens with one attached hydrogen (secondary N) is 2. The molecular weight excluding hydrogens is 341 g/mol. The highest BCUT2D eigenvalue weighted by atomic mass is 32.2. The molecule has 0 spiro atoms. The predicted molar refractivity (Wildman–Crippen MR) is 99.6 cm³/mol. The maximum Gasteiger partial charge on any atom is 0.191 e. The number of rotatable bonds is 5. The first-order valence-corrected chi connectivity index (χ1v) is 9.76. The Hall–Kier alpha value is -1.47. The Morgan fingerprint density at radius 2 is 2.28 bits per heavy atom. The van der Waals surface area contributed by atoms with Gasteiger partial charge in [-0.2, -0.15) is 11.8 Å². The average Bonchev–Trinajstić information content (AvgIpc) is 3.04. The molecule has 2 aliphatic heterocycles. The molecule has 7 heteroatoms. The van der Waals surface area contributed by atoms with E-state index < -0.39 is 0 Å². The van der Waals surface area contributed by atoms with E-state index in [1.807, 2.05) is 18.7 Å². The van der Waals surface area contributed by atoms with Crippen LogP contribution in [0.25, 0.3) is 0 Å². The zero-order valence-electron chi connectivity index (χ0n) is 14.9. The number of aliphatic imine (C=N–C) groups is 1. The van der Waals surface area contributed by atoms with Crippen LogP contribution in [0.3, 0.4) is 0 Å². The van der Waals surface area contributed by atoms with Crippen molar-refractivity contribution in [2.75, 3.05) is 25.6 Å². The van der Waals surface area contributed by atoms with Crippen LogP contribution in [0.1, 0.15) is 37.8 Å². The maximum absolute atomic E-state index is 13.8. The summed E-state index contributed by atoms with van der Waals surface area (Å²) in [5.41, 5.74) is 1.49. The molecule has 2 heterocycles. The van der Waals surface area contributed by atoms with E-state index in [-0.39, 0.29) is 17.4 Å². The minimum absolute atomic E-state index is 0.198. The van der Waals surface area contributed by atoms with Crippen molar-refractivity contribution in [3.63, 3.8) is 0 Å². The van der Waals surface area contributed by atoms with E-state index in [0.717, 1.165) is 30.2 Å². The quantitative estimate of drug-likeness (QED) is 0.619. The van der Waals surface area contributed by atoms with Gasteiger partial charge in [0.25, 0.3) is 0 Å². The van der Waals surface area contributed by atoms with E-state index in [1.54, 1.807) is 0 Å². The molecule has 0 saturated carbocycles. The molecule has 5 nitrogen and oxygen atoms in total. The summed E-state index contributed by atoms with van der Waals surface area (Å²) in [5, 5.41) is 6.69. The second kappa shape index (κ2) is 8.27. The monoisotopic (exact) mass is 367 g/mol. The lowest BCUT2D eigenvalue weighted by atomic mass is 10.1. The zero-order valence-corrected chi connectivity index (χ0v) is 15.7. The summed E-state index contributed by atoms with van der Waals surface area (Å²) in [7, 11) is 0. The minimum Gasteiger partial charge on any atom is -0.467 e. The highest BCUT2D eigenvalue weighted by Crippen LogP contribution is 2.37. The van der Waals surface area contributed by atoms with Crippen LogP contribution in [-0.4, -0.2) is 36.3 Å². The Labute approximate surface area is 152 Å². The lowest BCUT2D eigenvalue weighted by molar-refractivity contribution is -0.0172. The standard InChI is InChI=1S/C18H26FN3O2S/c1-3-20-17(22-11-18(2)5-4-6-25-18)21-9-13-7-15(19)8-14-10-23-12-24-16(13)14/h7-8H,3-6,9-12H2,1-2H3,(H2,20,21,22). The van der Waals surface area contributed by atoms with Gasteiger partial charge in [0.15, 0.2) is 12.8 Å². The van der Waals surface area contributed by atoms with Crippen LogP contribution in [0.2, 0.25) is 0 Å². The lowest BCUT2D eigenvalue weighted by Crippen LogP contribution is -2.43. The number of benzene rings is 1. The second-order valence-corrected chi connectivity index (χ2v) is 8.30. The molecule has 1 saturated heterocycles. The number of hydrogen-bond donors (Lipinski definition) is 2. The normalized spacial score (nSPS) is 23.1. The minimum atomic E-state index is -0.286. The fourth-order valence-corrected chi connectivity index (χ4v) is 4.37. The van der Waals surface area contributed by atoms with Crippen LogP contribution in [-0.2, 0) is 17.9 Å². The first kappa shape index (κ1) is 18.3. The number of thioether (sulfide) groups is 1. The van der Waals surface area contributed by atoms with Gasteiger partial charge in [-0.15, -0.1) is 0 Å². The van der Waals surface area contributed by atoms with Crippen molar-refractivity contribution in [1.29, 1.82) is 0 Å². The van der Waals surface area contributed by atoms with Crippen molar-refractivity contribution in [2.24, 2.45) is 4.99 Å². The van der Waals surface area contributed by atoms with Crippen LogP contribution < -0.4 is 15.4 Å². The average molecular weight is 367 g/mol. The molecule has 0 amide bonds. The van der Waals surface area contributed by atoms with Gasteiger partial charge in [0.05, 0.1) is 13.2 Å². The third kappa shape index (κ3) is 4.79. The molecule has 25 heavy (non-hydrogen) atoms. The van der Waals surface area contributed by atoms with Crippen molar-refractivity contribution in [1.82, 2.24) is 10.6 Å². The molecule has 0 aliphatic carbocycles. The van der Waals surface area contributed by atoms with Gasteiger partial charge < -0.3 is 20.1 Å². The van der Waals surface area contributed by atoms with Gasteiger partial charge in [-0.3, -0.25) is 0 Å². The van der Waals surface area contributed by atoms with Crippen LogP contribution in [0.5, 0.6) is 5.75 Å². The van der Waals surface area contributed by atoms with Crippen LogP contribution >= 0.6 is 11.8 Å². The Bertz CT molecular complexity index is 633. The van der Waals surface area contributed by atoms with E-state index in [1.165, 1.54) is 30.7 Å². The molecule has 1 unspecified atom stereocenters. The molecule has 1 aromatic rings. The van der Waals surface area contributed by atoms with Crippen molar-refractivity contribution in [3.8, 4) is 5.75 Å². The fraction of sp³-hybridized carbons (Fsp3) is 0.611. The van der Waals surface area contributed by atoms with E-state index in [2.05, 4.69) is 22.5 Å². The van der Waals surface area contributed by atoms with Gasteiger partial charge in [-0.05, 0) is 44.6 Å². The molecule has 0 aromatic heterocycles. The predicted octanol–water partition coefficient (Wildman–Crippen LogP) is 3.03. The van der Waals surface area contributed by atoms with E-state index in [0.29, 0.717) is 18.9 Å². The number of ether oxygens (including phenoxy) is 2. The smallest absolute Gasteiger partial charge is 0.191 e. The van der Waals surface area contributed by atoms with E-state index in [4.69, 9.17) is 9.47 Å². The summed E-state index contributed by atoms with van der Waals surface area (Å²) in [4.78, 5) is 4.62.